The molecule has 5 nitrogen and oxygen atoms in total. The first-order chi connectivity index (χ1) is 5.68. The van der Waals surface area contributed by atoms with Crippen molar-refractivity contribution in [3.8, 4) is 0 Å². The molecule has 0 aliphatic carbocycles. The maximum Gasteiger partial charge on any atom is 0.218 e. The van der Waals surface area contributed by atoms with Crippen LogP contribution >= 0.6 is 0 Å². The third kappa shape index (κ3) is 1.46. The smallest absolute Gasteiger partial charge is 0.218 e. The average molecular weight is 178 g/mol. The van der Waals surface area contributed by atoms with Crippen LogP contribution in [0, 0.1) is 0 Å². The van der Waals surface area contributed by atoms with Crippen LogP contribution in [0.15, 0.2) is 0 Å². The summed E-state index contributed by atoms with van der Waals surface area (Å²) in [5, 5.41) is 27.1. The number of hydrogen-bond donors (Lipinski definition) is 3. The molecule has 1 aliphatic rings. The van der Waals surface area contributed by atoms with Crippen molar-refractivity contribution >= 4 is 0 Å². The number of rotatable bonds is 3. The van der Waals surface area contributed by atoms with Crippen LogP contribution in [0.5, 0.6) is 0 Å². The Bertz CT molecular complexity index is 145. The fourth-order valence-corrected chi connectivity index (χ4v) is 1.34. The second kappa shape index (κ2) is 3.68. The quantitative estimate of drug-likeness (QED) is 0.488. The maximum atomic E-state index is 9.42. The van der Waals surface area contributed by atoms with Gasteiger partial charge in [-0.1, -0.05) is 0 Å². The van der Waals surface area contributed by atoms with Gasteiger partial charge in [0.15, 0.2) is 0 Å². The van der Waals surface area contributed by atoms with E-state index in [9.17, 15) is 5.11 Å². The second-order valence-electron chi connectivity index (χ2n) is 2.85. The predicted octanol–water partition coefficient (Wildman–Crippen LogP) is -1.54. The molecule has 0 aromatic carbocycles. The molecule has 0 aromatic rings. The predicted molar refractivity (Wildman–Crippen MR) is 39.4 cm³/mol. The molecule has 12 heavy (non-hydrogen) atoms. The van der Waals surface area contributed by atoms with E-state index < -0.39 is 24.6 Å². The van der Waals surface area contributed by atoms with Gasteiger partial charge in [0.05, 0.1) is 19.3 Å². The minimum Gasteiger partial charge on any atom is -0.394 e. The SMILES string of the molecule is CO[C@]1(CO)O[C@H](CO)C[C@@H]1O. The number of aliphatic hydroxyl groups excluding tert-OH is 3. The van der Waals surface area contributed by atoms with E-state index in [1.54, 1.807) is 0 Å². The van der Waals surface area contributed by atoms with Crippen molar-refractivity contribution in [1.82, 2.24) is 0 Å². The molecule has 1 saturated heterocycles. The molecule has 5 heteroatoms. The molecule has 1 heterocycles. The van der Waals surface area contributed by atoms with Gasteiger partial charge in [0.25, 0.3) is 0 Å². The summed E-state index contributed by atoms with van der Waals surface area (Å²) in [6.07, 6.45) is -1.05. The molecule has 0 bridgehead atoms. The van der Waals surface area contributed by atoms with Gasteiger partial charge >= 0.3 is 0 Å². The minimum atomic E-state index is -1.34. The Balaban J connectivity index is 2.65. The average Bonchev–Trinajstić information content (AvgIpc) is 2.43. The van der Waals surface area contributed by atoms with Gasteiger partial charge in [-0.25, -0.2) is 0 Å². The zero-order valence-electron chi connectivity index (χ0n) is 6.93. The van der Waals surface area contributed by atoms with Crippen molar-refractivity contribution in [3.63, 3.8) is 0 Å². The molecule has 0 spiro atoms. The molecule has 0 unspecified atom stereocenters. The van der Waals surface area contributed by atoms with Gasteiger partial charge in [-0.2, -0.15) is 0 Å². The molecular weight excluding hydrogens is 164 g/mol. The van der Waals surface area contributed by atoms with Crippen molar-refractivity contribution in [2.75, 3.05) is 20.3 Å². The molecule has 3 N–H and O–H groups in total. The highest BCUT2D eigenvalue weighted by atomic mass is 16.7. The van der Waals surface area contributed by atoms with Gasteiger partial charge in [-0.15, -0.1) is 0 Å². The zero-order chi connectivity index (χ0) is 9.19. The monoisotopic (exact) mass is 178 g/mol. The van der Waals surface area contributed by atoms with Gasteiger partial charge in [0, 0.05) is 13.5 Å². The van der Waals surface area contributed by atoms with Crippen molar-refractivity contribution in [2.45, 2.75) is 24.4 Å². The standard InChI is InChI=1S/C7H14O5/c1-11-7(4-9)6(10)2-5(3-8)12-7/h5-6,8-10H,2-4H2,1H3/t5-,6-,7+/m0/s1. The molecule has 0 amide bonds. The van der Waals surface area contributed by atoms with Gasteiger partial charge < -0.3 is 24.8 Å². The first kappa shape index (κ1) is 9.88. The topological polar surface area (TPSA) is 79.2 Å². The molecule has 1 fully saturated rings. The van der Waals surface area contributed by atoms with E-state index in [-0.39, 0.29) is 13.0 Å². The van der Waals surface area contributed by atoms with Crippen molar-refractivity contribution < 1.29 is 24.8 Å². The van der Waals surface area contributed by atoms with Gasteiger partial charge in [0.1, 0.15) is 6.10 Å². The number of methoxy groups -OCH3 is 1. The van der Waals surface area contributed by atoms with Crippen molar-refractivity contribution in [2.24, 2.45) is 0 Å². The molecule has 1 rings (SSSR count). The maximum absolute atomic E-state index is 9.42. The number of ether oxygens (including phenoxy) is 2. The van der Waals surface area contributed by atoms with E-state index in [4.69, 9.17) is 19.7 Å². The molecule has 1 aliphatic heterocycles. The fraction of sp³-hybridized carbons (Fsp3) is 1.00. The van der Waals surface area contributed by atoms with Crippen LogP contribution in [0.1, 0.15) is 6.42 Å². The van der Waals surface area contributed by atoms with Crippen LogP contribution in [0.25, 0.3) is 0 Å². The van der Waals surface area contributed by atoms with E-state index in [2.05, 4.69) is 0 Å². The highest BCUT2D eigenvalue weighted by Crippen LogP contribution is 2.30. The number of aliphatic hydroxyl groups is 3. The first-order valence-corrected chi connectivity index (χ1v) is 3.81. The summed E-state index contributed by atoms with van der Waals surface area (Å²) in [5.74, 6) is -1.34. The van der Waals surface area contributed by atoms with Crippen molar-refractivity contribution in [3.05, 3.63) is 0 Å². The summed E-state index contributed by atoms with van der Waals surface area (Å²) < 4.78 is 10.00. The van der Waals surface area contributed by atoms with Crippen LogP contribution in [-0.2, 0) is 9.47 Å². The zero-order valence-corrected chi connectivity index (χ0v) is 6.93. The molecule has 0 aromatic heterocycles. The fourth-order valence-electron chi connectivity index (χ4n) is 1.34. The van der Waals surface area contributed by atoms with Crippen LogP contribution < -0.4 is 0 Å². The molecule has 0 radical (unpaired) electrons. The van der Waals surface area contributed by atoms with Crippen molar-refractivity contribution in [1.29, 1.82) is 0 Å². The molecule has 72 valence electrons. The summed E-state index contributed by atoms with van der Waals surface area (Å²) in [6, 6.07) is 0. The second-order valence-corrected chi connectivity index (χ2v) is 2.85. The summed E-state index contributed by atoms with van der Waals surface area (Å²) in [4.78, 5) is 0. The third-order valence-corrected chi connectivity index (χ3v) is 2.13. The summed E-state index contributed by atoms with van der Waals surface area (Å²) in [5.41, 5.74) is 0. The van der Waals surface area contributed by atoms with E-state index in [0.29, 0.717) is 0 Å². The van der Waals surface area contributed by atoms with E-state index in [1.807, 2.05) is 0 Å². The van der Waals surface area contributed by atoms with Crippen LogP contribution in [-0.4, -0.2) is 53.6 Å². The minimum absolute atomic E-state index is 0.178. The van der Waals surface area contributed by atoms with Crippen LogP contribution in [0.2, 0.25) is 0 Å². The van der Waals surface area contributed by atoms with E-state index >= 15 is 0 Å². The summed E-state index contributed by atoms with van der Waals surface area (Å²) >= 11 is 0. The Morgan fingerprint density at radius 3 is 2.50 bits per heavy atom. The van der Waals surface area contributed by atoms with Crippen LogP contribution in [0.3, 0.4) is 0 Å². The Morgan fingerprint density at radius 1 is 1.58 bits per heavy atom. The molecule has 3 atom stereocenters. The Morgan fingerprint density at radius 2 is 2.25 bits per heavy atom. The highest BCUT2D eigenvalue weighted by molar-refractivity contribution is 4.88. The lowest BCUT2D eigenvalue weighted by molar-refractivity contribution is -0.263. The van der Waals surface area contributed by atoms with Gasteiger partial charge in [-0.3, -0.25) is 0 Å². The lowest BCUT2D eigenvalue weighted by Gasteiger charge is -2.27. The first-order valence-electron chi connectivity index (χ1n) is 3.81. The third-order valence-electron chi connectivity index (χ3n) is 2.13. The lowest BCUT2D eigenvalue weighted by Crippen LogP contribution is -2.45. The highest BCUT2D eigenvalue weighted by Gasteiger charge is 2.48. The Hall–Kier alpha value is -0.200. The van der Waals surface area contributed by atoms with Gasteiger partial charge in [-0.05, 0) is 0 Å². The normalized spacial score (nSPS) is 42.0. The largest absolute Gasteiger partial charge is 0.394 e. The summed E-state index contributed by atoms with van der Waals surface area (Å²) in [6.45, 7) is -0.594. The Kier molecular flexibility index (Phi) is 3.03. The van der Waals surface area contributed by atoms with E-state index in [1.165, 1.54) is 7.11 Å². The lowest BCUT2D eigenvalue weighted by atomic mass is 10.1. The van der Waals surface area contributed by atoms with E-state index in [0.717, 1.165) is 0 Å². The molecular formula is C7H14O5. The Labute approximate surface area is 70.5 Å². The number of hydrogen-bond acceptors (Lipinski definition) is 5. The van der Waals surface area contributed by atoms with Gasteiger partial charge in [0.2, 0.25) is 5.79 Å². The summed E-state index contributed by atoms with van der Waals surface area (Å²) in [7, 11) is 1.35. The van der Waals surface area contributed by atoms with Crippen LogP contribution in [0.4, 0.5) is 0 Å². The molecule has 0 saturated carbocycles.